The lowest BCUT2D eigenvalue weighted by molar-refractivity contribution is -0.991. The molecule has 0 aromatic heterocycles. The fourth-order valence-corrected chi connectivity index (χ4v) is 5.14. The summed E-state index contributed by atoms with van der Waals surface area (Å²) >= 11 is 0. The molecule has 0 amide bonds. The zero-order valence-electron chi connectivity index (χ0n) is 21.3. The molecule has 9 nitrogen and oxygen atoms in total. The third-order valence-electron chi connectivity index (χ3n) is 6.84. The maximum atomic E-state index is 13.7. The Bertz CT molecular complexity index is 1210. The summed E-state index contributed by atoms with van der Waals surface area (Å²) in [5, 5.41) is 23.2. The number of ether oxygens (including phenoxy) is 2. The van der Waals surface area contributed by atoms with E-state index in [0.29, 0.717) is 23.5 Å². The summed E-state index contributed by atoms with van der Waals surface area (Å²) in [5.41, 5.74) is 3.38. The molecule has 3 atom stereocenters. The van der Waals surface area contributed by atoms with Crippen molar-refractivity contribution < 1.29 is 29.5 Å². The van der Waals surface area contributed by atoms with E-state index >= 15 is 0 Å². The van der Waals surface area contributed by atoms with Crippen molar-refractivity contribution in [1.82, 2.24) is 10.2 Å². The molecule has 2 aliphatic rings. The number of nitrogens with zero attached hydrogens (tertiary/aromatic N) is 1. The van der Waals surface area contributed by atoms with Crippen molar-refractivity contribution in [3.8, 4) is 0 Å². The van der Waals surface area contributed by atoms with Gasteiger partial charge in [0.05, 0.1) is 24.2 Å². The van der Waals surface area contributed by atoms with Crippen LogP contribution in [0.5, 0.6) is 0 Å². The summed E-state index contributed by atoms with van der Waals surface area (Å²) in [6, 6.07) is 16.4. The van der Waals surface area contributed by atoms with Gasteiger partial charge in [-0.2, -0.15) is 5.23 Å². The van der Waals surface area contributed by atoms with Gasteiger partial charge in [0, 0.05) is 36.6 Å². The molecule has 2 heterocycles. The second-order valence-corrected chi connectivity index (χ2v) is 9.45. The summed E-state index contributed by atoms with van der Waals surface area (Å²) < 4.78 is 11.1. The predicted molar refractivity (Wildman–Crippen MR) is 136 cm³/mol. The zero-order chi connectivity index (χ0) is 26.5. The minimum absolute atomic E-state index is 0.0621. The number of quaternary nitrogens is 1. The number of piperidine rings is 1. The van der Waals surface area contributed by atoms with Crippen molar-refractivity contribution in [2.45, 2.75) is 45.3 Å². The zero-order valence-corrected chi connectivity index (χ0v) is 21.3. The van der Waals surface area contributed by atoms with Gasteiger partial charge in [-0.25, -0.2) is 14.8 Å². The minimum atomic E-state index is -1.10. The molecule has 0 spiro atoms. The van der Waals surface area contributed by atoms with Gasteiger partial charge in [-0.05, 0) is 44.4 Å². The molecule has 0 bridgehead atoms. The molecule has 9 heteroatoms. The van der Waals surface area contributed by atoms with Crippen molar-refractivity contribution in [3.05, 3.63) is 93.5 Å². The van der Waals surface area contributed by atoms with Gasteiger partial charge in [0.1, 0.15) is 6.10 Å². The molecule has 2 aromatic carbocycles. The van der Waals surface area contributed by atoms with E-state index in [-0.39, 0.29) is 22.9 Å². The SMILES string of the molecule is COC(=O)C1=C(C)NC(C)=C(C(=O)OC2CCCN(Cc3ccccc3)C2)C1c1cccc([NH+]([O-])O)c1. The Morgan fingerprint density at radius 3 is 2.46 bits per heavy atom. The van der Waals surface area contributed by atoms with Crippen LogP contribution >= 0.6 is 0 Å². The van der Waals surface area contributed by atoms with E-state index in [0.717, 1.165) is 25.9 Å². The lowest BCUT2D eigenvalue weighted by atomic mass is 9.80. The molecule has 1 saturated heterocycles. The van der Waals surface area contributed by atoms with Gasteiger partial charge in [0.15, 0.2) is 5.69 Å². The smallest absolute Gasteiger partial charge is 0.337 e. The second kappa shape index (κ2) is 11.7. The predicted octanol–water partition coefficient (Wildman–Crippen LogP) is 2.71. The van der Waals surface area contributed by atoms with Crippen LogP contribution < -0.4 is 10.5 Å². The number of likely N-dealkylation sites (tertiary alicyclic amines) is 1. The Hall–Kier alpha value is -3.50. The molecule has 4 rings (SSSR count). The molecular formula is C28H33N3O6. The van der Waals surface area contributed by atoms with Crippen molar-refractivity contribution in [3.63, 3.8) is 0 Å². The van der Waals surface area contributed by atoms with Crippen LogP contribution in [0.1, 0.15) is 43.7 Å². The Balaban J connectivity index is 1.61. The number of carbonyl (C=O) groups is 2. The lowest BCUT2D eigenvalue weighted by Crippen LogP contribution is -2.99. The number of nitrogens with one attached hydrogen (secondary N) is 2. The van der Waals surface area contributed by atoms with Gasteiger partial charge in [0.2, 0.25) is 0 Å². The summed E-state index contributed by atoms with van der Waals surface area (Å²) in [6.07, 6.45) is 1.34. The standard InChI is InChI=1S/C28H33N3O6/c1-18-24(27(32)36-3)26(21-11-7-12-22(15-21)31(34)35)25(19(2)29-18)28(33)37-23-13-8-14-30(17-23)16-20-9-5-4-6-10-20/h4-7,9-12,15,23,26,29,31,34H,8,13-14,16-17H2,1-3H3. The highest BCUT2D eigenvalue weighted by Gasteiger charge is 2.39. The number of allylic oxidation sites excluding steroid dienone is 2. The van der Waals surface area contributed by atoms with Crippen LogP contribution in [0.3, 0.4) is 0 Å². The van der Waals surface area contributed by atoms with Gasteiger partial charge in [-0.3, -0.25) is 4.90 Å². The second-order valence-electron chi connectivity index (χ2n) is 9.45. The van der Waals surface area contributed by atoms with Gasteiger partial charge < -0.3 is 20.0 Å². The van der Waals surface area contributed by atoms with E-state index in [1.165, 1.54) is 24.8 Å². The van der Waals surface area contributed by atoms with Crippen molar-refractivity contribution in [2.75, 3.05) is 20.2 Å². The van der Waals surface area contributed by atoms with Crippen LogP contribution in [0.2, 0.25) is 0 Å². The highest BCUT2D eigenvalue weighted by atomic mass is 16.8. The average molecular weight is 508 g/mol. The van der Waals surface area contributed by atoms with Crippen LogP contribution in [-0.2, 0) is 25.6 Å². The number of benzene rings is 2. The normalized spacial score (nSPS) is 21.3. The maximum Gasteiger partial charge on any atom is 0.337 e. The van der Waals surface area contributed by atoms with Crippen LogP contribution in [0.4, 0.5) is 5.69 Å². The molecule has 196 valence electrons. The van der Waals surface area contributed by atoms with E-state index in [2.05, 4.69) is 22.3 Å². The number of methoxy groups -OCH3 is 1. The van der Waals surface area contributed by atoms with Gasteiger partial charge in [-0.1, -0.05) is 42.5 Å². The van der Waals surface area contributed by atoms with Gasteiger partial charge >= 0.3 is 11.9 Å². The molecule has 1 fully saturated rings. The third kappa shape index (κ3) is 6.08. The van der Waals surface area contributed by atoms with Crippen molar-refractivity contribution >= 4 is 17.6 Å². The fourth-order valence-electron chi connectivity index (χ4n) is 5.14. The van der Waals surface area contributed by atoms with Gasteiger partial charge in [0.25, 0.3) is 0 Å². The first kappa shape index (κ1) is 26.6. The molecule has 37 heavy (non-hydrogen) atoms. The number of rotatable bonds is 7. The number of hydrogen-bond donors (Lipinski definition) is 3. The maximum absolute atomic E-state index is 13.7. The monoisotopic (exact) mass is 507 g/mol. The molecule has 0 aliphatic carbocycles. The molecule has 2 aliphatic heterocycles. The quantitative estimate of drug-likeness (QED) is 0.387. The van der Waals surface area contributed by atoms with E-state index in [9.17, 15) is 20.0 Å². The summed E-state index contributed by atoms with van der Waals surface area (Å²) in [5.74, 6) is -1.96. The van der Waals surface area contributed by atoms with Crippen molar-refractivity contribution in [2.24, 2.45) is 0 Å². The Labute approximate surface area is 216 Å². The molecule has 0 saturated carbocycles. The number of esters is 2. The number of dihydropyridines is 1. The summed E-state index contributed by atoms with van der Waals surface area (Å²) in [4.78, 5) is 28.8. The average Bonchev–Trinajstić information content (AvgIpc) is 2.88. The first-order valence-electron chi connectivity index (χ1n) is 12.4. The molecule has 3 unspecified atom stereocenters. The first-order valence-corrected chi connectivity index (χ1v) is 12.4. The minimum Gasteiger partial charge on any atom is -0.595 e. The van der Waals surface area contributed by atoms with E-state index in [1.807, 2.05) is 18.2 Å². The molecule has 2 aromatic rings. The first-order chi connectivity index (χ1) is 17.8. The third-order valence-corrected chi connectivity index (χ3v) is 6.84. The topological polar surface area (TPSA) is 116 Å². The summed E-state index contributed by atoms with van der Waals surface area (Å²) in [6.45, 7) is 5.79. The molecule has 3 N–H and O–H groups in total. The Morgan fingerprint density at radius 2 is 1.78 bits per heavy atom. The van der Waals surface area contributed by atoms with E-state index in [4.69, 9.17) is 9.47 Å². The highest BCUT2D eigenvalue weighted by Crippen LogP contribution is 2.40. The number of hydrogen-bond acceptors (Lipinski definition) is 8. The fraction of sp³-hybridized carbons (Fsp3) is 0.357. The highest BCUT2D eigenvalue weighted by molar-refractivity contribution is 6.00. The van der Waals surface area contributed by atoms with Crippen LogP contribution in [-0.4, -0.2) is 48.3 Å². The number of carbonyl (C=O) groups excluding carboxylic acids is 2. The van der Waals surface area contributed by atoms with Gasteiger partial charge in [-0.15, -0.1) is 0 Å². The van der Waals surface area contributed by atoms with Crippen LogP contribution in [0.15, 0.2) is 77.1 Å². The molecular weight excluding hydrogens is 474 g/mol. The van der Waals surface area contributed by atoms with E-state index in [1.54, 1.807) is 26.0 Å². The van der Waals surface area contributed by atoms with Crippen molar-refractivity contribution in [1.29, 1.82) is 0 Å². The van der Waals surface area contributed by atoms with Crippen LogP contribution in [0.25, 0.3) is 0 Å². The summed E-state index contributed by atoms with van der Waals surface area (Å²) in [7, 11) is 1.28. The van der Waals surface area contributed by atoms with E-state index < -0.39 is 23.1 Å². The Kier molecular flexibility index (Phi) is 8.40. The largest absolute Gasteiger partial charge is 0.595 e. The lowest BCUT2D eigenvalue weighted by Gasteiger charge is -2.34. The Morgan fingerprint density at radius 1 is 1.08 bits per heavy atom. The van der Waals surface area contributed by atoms with Crippen LogP contribution in [0, 0.1) is 5.21 Å². The molecule has 0 radical (unpaired) electrons.